The Labute approximate surface area is 100 Å². The number of aryl methyl sites for hydroxylation is 2. The molecule has 0 radical (unpaired) electrons. The Bertz CT molecular complexity index is 504. The van der Waals surface area contributed by atoms with E-state index in [9.17, 15) is 0 Å². The summed E-state index contributed by atoms with van der Waals surface area (Å²) >= 11 is 0. The summed E-state index contributed by atoms with van der Waals surface area (Å²) in [5.41, 5.74) is 0. The summed E-state index contributed by atoms with van der Waals surface area (Å²) in [6.45, 7) is 4.73. The van der Waals surface area contributed by atoms with Crippen molar-refractivity contribution in [1.29, 1.82) is 0 Å². The second-order valence-electron chi connectivity index (χ2n) is 3.72. The van der Waals surface area contributed by atoms with Crippen molar-refractivity contribution in [3.8, 4) is 0 Å². The average Bonchev–Trinajstić information content (AvgIpc) is 2.63. The molecule has 0 aliphatic rings. The van der Waals surface area contributed by atoms with Gasteiger partial charge in [-0.3, -0.25) is 4.68 Å². The third-order valence-corrected chi connectivity index (χ3v) is 2.17. The summed E-state index contributed by atoms with van der Waals surface area (Å²) in [7, 11) is 1.88. The van der Waals surface area contributed by atoms with Gasteiger partial charge in [0.05, 0.1) is 0 Å². The van der Waals surface area contributed by atoms with E-state index in [4.69, 9.17) is 0 Å². The van der Waals surface area contributed by atoms with Gasteiger partial charge in [0.1, 0.15) is 17.5 Å². The standard InChI is InChI=1S/C11H16N6/c1-4-12-10-7-11(14-8(2)13-10)15-9-5-6-17(3)16-9/h5-7H,4H2,1-3H3,(H2,12,13,14,15,16). The normalized spacial score (nSPS) is 10.3. The SMILES string of the molecule is CCNc1cc(Nc2ccn(C)n2)nc(C)n1. The van der Waals surface area contributed by atoms with Crippen LogP contribution in [0.2, 0.25) is 0 Å². The molecule has 0 aromatic carbocycles. The zero-order valence-electron chi connectivity index (χ0n) is 10.2. The van der Waals surface area contributed by atoms with Crippen LogP contribution < -0.4 is 10.6 Å². The Kier molecular flexibility index (Phi) is 3.22. The molecule has 0 saturated carbocycles. The first-order chi connectivity index (χ1) is 8.17. The lowest BCUT2D eigenvalue weighted by Crippen LogP contribution is -2.04. The van der Waals surface area contributed by atoms with Gasteiger partial charge >= 0.3 is 0 Å². The minimum Gasteiger partial charge on any atom is -0.370 e. The van der Waals surface area contributed by atoms with Crippen LogP contribution in [0.1, 0.15) is 12.7 Å². The number of nitrogens with one attached hydrogen (secondary N) is 2. The molecule has 6 nitrogen and oxygen atoms in total. The lowest BCUT2D eigenvalue weighted by Gasteiger charge is -2.07. The molecule has 0 saturated heterocycles. The lowest BCUT2D eigenvalue weighted by molar-refractivity contribution is 0.771. The van der Waals surface area contributed by atoms with Gasteiger partial charge in [-0.15, -0.1) is 0 Å². The number of anilines is 3. The second-order valence-corrected chi connectivity index (χ2v) is 3.72. The van der Waals surface area contributed by atoms with Crippen LogP contribution in [-0.2, 0) is 7.05 Å². The molecule has 17 heavy (non-hydrogen) atoms. The van der Waals surface area contributed by atoms with E-state index in [-0.39, 0.29) is 0 Å². The van der Waals surface area contributed by atoms with Gasteiger partial charge in [0.25, 0.3) is 0 Å². The highest BCUT2D eigenvalue weighted by atomic mass is 15.3. The van der Waals surface area contributed by atoms with Crippen molar-refractivity contribution in [3.63, 3.8) is 0 Å². The van der Waals surface area contributed by atoms with Crippen molar-refractivity contribution in [2.75, 3.05) is 17.2 Å². The van der Waals surface area contributed by atoms with Gasteiger partial charge in [0, 0.05) is 31.9 Å². The van der Waals surface area contributed by atoms with Crippen molar-refractivity contribution < 1.29 is 0 Å². The van der Waals surface area contributed by atoms with Crippen LogP contribution >= 0.6 is 0 Å². The average molecular weight is 232 g/mol. The first-order valence-corrected chi connectivity index (χ1v) is 5.53. The Hall–Kier alpha value is -2.11. The van der Waals surface area contributed by atoms with E-state index in [1.54, 1.807) is 4.68 Å². The topological polar surface area (TPSA) is 67.7 Å². The van der Waals surface area contributed by atoms with Crippen LogP contribution in [0.15, 0.2) is 18.3 Å². The smallest absolute Gasteiger partial charge is 0.153 e. The van der Waals surface area contributed by atoms with E-state index < -0.39 is 0 Å². The van der Waals surface area contributed by atoms with Crippen LogP contribution in [0.25, 0.3) is 0 Å². The van der Waals surface area contributed by atoms with Gasteiger partial charge in [-0.1, -0.05) is 0 Å². The molecular weight excluding hydrogens is 216 g/mol. The molecular formula is C11H16N6. The summed E-state index contributed by atoms with van der Waals surface area (Å²) in [4.78, 5) is 8.59. The zero-order chi connectivity index (χ0) is 12.3. The number of hydrogen-bond donors (Lipinski definition) is 2. The molecule has 2 aromatic heterocycles. The molecule has 2 aromatic rings. The first-order valence-electron chi connectivity index (χ1n) is 5.53. The highest BCUT2D eigenvalue weighted by Crippen LogP contribution is 2.15. The number of aromatic nitrogens is 4. The van der Waals surface area contributed by atoms with Crippen molar-refractivity contribution in [3.05, 3.63) is 24.2 Å². The fourth-order valence-electron chi connectivity index (χ4n) is 1.52. The fraction of sp³-hybridized carbons (Fsp3) is 0.364. The monoisotopic (exact) mass is 232 g/mol. The molecule has 2 N–H and O–H groups in total. The van der Waals surface area contributed by atoms with Gasteiger partial charge in [-0.25, -0.2) is 9.97 Å². The summed E-state index contributed by atoms with van der Waals surface area (Å²) in [5.74, 6) is 3.06. The van der Waals surface area contributed by atoms with Crippen LogP contribution in [-0.4, -0.2) is 26.3 Å². The molecule has 2 heterocycles. The van der Waals surface area contributed by atoms with E-state index in [2.05, 4.69) is 25.7 Å². The fourth-order valence-corrected chi connectivity index (χ4v) is 1.52. The highest BCUT2D eigenvalue weighted by molar-refractivity contribution is 5.55. The molecule has 0 amide bonds. The van der Waals surface area contributed by atoms with E-state index in [0.717, 1.165) is 29.8 Å². The number of nitrogens with zero attached hydrogens (tertiary/aromatic N) is 4. The van der Waals surface area contributed by atoms with Crippen molar-refractivity contribution in [1.82, 2.24) is 19.7 Å². The van der Waals surface area contributed by atoms with Gasteiger partial charge in [-0.05, 0) is 13.8 Å². The summed E-state index contributed by atoms with van der Waals surface area (Å²) in [6.07, 6.45) is 1.88. The summed E-state index contributed by atoms with van der Waals surface area (Å²) in [5, 5.41) is 10.5. The molecule has 0 unspecified atom stereocenters. The molecule has 2 rings (SSSR count). The molecule has 0 bridgehead atoms. The molecule has 0 spiro atoms. The second kappa shape index (κ2) is 4.82. The Morgan fingerprint density at radius 3 is 2.65 bits per heavy atom. The predicted molar refractivity (Wildman–Crippen MR) is 67.4 cm³/mol. The summed E-state index contributed by atoms with van der Waals surface area (Å²) < 4.78 is 1.74. The van der Waals surface area contributed by atoms with Crippen molar-refractivity contribution in [2.45, 2.75) is 13.8 Å². The van der Waals surface area contributed by atoms with Crippen molar-refractivity contribution >= 4 is 17.5 Å². The molecule has 6 heteroatoms. The first kappa shape index (κ1) is 11.4. The maximum absolute atomic E-state index is 4.31. The van der Waals surface area contributed by atoms with Crippen LogP contribution in [0, 0.1) is 6.92 Å². The van der Waals surface area contributed by atoms with Crippen molar-refractivity contribution in [2.24, 2.45) is 7.05 Å². The highest BCUT2D eigenvalue weighted by Gasteiger charge is 2.03. The Morgan fingerprint density at radius 2 is 2.00 bits per heavy atom. The van der Waals surface area contributed by atoms with E-state index in [0.29, 0.717) is 0 Å². The molecule has 90 valence electrons. The third kappa shape index (κ3) is 2.93. The van der Waals surface area contributed by atoms with E-state index in [1.807, 2.05) is 39.2 Å². The lowest BCUT2D eigenvalue weighted by atomic mass is 10.4. The Balaban J connectivity index is 2.20. The van der Waals surface area contributed by atoms with Crippen LogP contribution in [0.5, 0.6) is 0 Å². The summed E-state index contributed by atoms with van der Waals surface area (Å²) in [6, 6.07) is 3.76. The molecule has 0 fully saturated rings. The maximum atomic E-state index is 4.31. The van der Waals surface area contributed by atoms with Gasteiger partial charge in [-0.2, -0.15) is 5.10 Å². The quantitative estimate of drug-likeness (QED) is 0.839. The minimum atomic E-state index is 0.724. The van der Waals surface area contributed by atoms with Gasteiger partial charge in [0.15, 0.2) is 5.82 Å². The Morgan fingerprint density at radius 1 is 1.24 bits per heavy atom. The minimum absolute atomic E-state index is 0.724. The van der Waals surface area contributed by atoms with Crippen LogP contribution in [0.4, 0.5) is 17.5 Å². The number of rotatable bonds is 4. The number of hydrogen-bond acceptors (Lipinski definition) is 5. The van der Waals surface area contributed by atoms with Gasteiger partial charge in [0.2, 0.25) is 0 Å². The zero-order valence-corrected chi connectivity index (χ0v) is 10.2. The van der Waals surface area contributed by atoms with E-state index in [1.165, 1.54) is 0 Å². The predicted octanol–water partition coefficient (Wildman–Crippen LogP) is 1.69. The third-order valence-electron chi connectivity index (χ3n) is 2.17. The van der Waals surface area contributed by atoms with Crippen LogP contribution in [0.3, 0.4) is 0 Å². The van der Waals surface area contributed by atoms with E-state index >= 15 is 0 Å². The molecule has 0 aliphatic heterocycles. The molecule has 0 atom stereocenters. The largest absolute Gasteiger partial charge is 0.370 e. The molecule has 0 aliphatic carbocycles. The van der Waals surface area contributed by atoms with Gasteiger partial charge < -0.3 is 10.6 Å². The maximum Gasteiger partial charge on any atom is 0.153 e.